The molecular formula is C18H35S. The van der Waals surface area contributed by atoms with E-state index in [2.05, 4.69) is 0 Å². The lowest BCUT2D eigenvalue weighted by molar-refractivity contribution is 0.508. The average molecular weight is 284 g/mol. The highest BCUT2D eigenvalue weighted by Crippen LogP contribution is 2.19. The summed E-state index contributed by atoms with van der Waals surface area (Å²) < 4.78 is 0. The minimum Gasteiger partial charge on any atom is -0.0904 e. The van der Waals surface area contributed by atoms with Gasteiger partial charge in [-0.1, -0.05) is 109 Å². The third kappa shape index (κ3) is 11.8. The second-order valence-corrected chi connectivity index (χ2v) is 7.17. The lowest BCUT2D eigenvalue weighted by Gasteiger charge is -2.10. The van der Waals surface area contributed by atoms with Crippen LogP contribution < -0.4 is 0 Å². The molecule has 1 heteroatoms. The first-order valence-corrected chi connectivity index (χ1v) is 9.52. The van der Waals surface area contributed by atoms with E-state index in [-0.39, 0.29) is 0 Å². The second kappa shape index (κ2) is 13.3. The fourth-order valence-electron chi connectivity index (χ4n) is 3.19. The molecule has 0 amide bonds. The van der Waals surface area contributed by atoms with Gasteiger partial charge in [0.05, 0.1) is 0 Å². The van der Waals surface area contributed by atoms with Crippen molar-refractivity contribution in [3.63, 3.8) is 0 Å². The van der Waals surface area contributed by atoms with Crippen LogP contribution in [0, 0.1) is 0 Å². The lowest BCUT2D eigenvalue weighted by Crippen LogP contribution is -1.98. The molecule has 0 unspecified atom stereocenters. The maximum atomic E-state index is 5.57. The summed E-state index contributed by atoms with van der Waals surface area (Å²) in [5.74, 6) is 0. The first kappa shape index (κ1) is 17.4. The molecule has 0 aliphatic heterocycles. The van der Waals surface area contributed by atoms with Gasteiger partial charge in [-0.2, -0.15) is 0 Å². The summed E-state index contributed by atoms with van der Waals surface area (Å²) in [6.07, 6.45) is 24.4. The summed E-state index contributed by atoms with van der Waals surface area (Å²) in [7, 11) is 0. The molecule has 0 aromatic heterocycles. The molecule has 1 radical (unpaired) electrons. The van der Waals surface area contributed by atoms with Crippen LogP contribution in [0.3, 0.4) is 0 Å². The SMILES string of the molecule is [S]C1CCCCCCCCCCCCCCCCC1. The molecule has 0 nitrogen and oxygen atoms in total. The van der Waals surface area contributed by atoms with E-state index in [1.54, 1.807) is 0 Å². The molecule has 1 rings (SSSR count). The predicted octanol–water partition coefficient (Wildman–Crippen LogP) is 7.20. The molecule has 0 N–H and O–H groups in total. The van der Waals surface area contributed by atoms with E-state index in [0.29, 0.717) is 5.25 Å². The van der Waals surface area contributed by atoms with Crippen LogP contribution >= 0.6 is 12.6 Å². The summed E-state index contributed by atoms with van der Waals surface area (Å²) in [5, 5.41) is 0.568. The first-order valence-electron chi connectivity index (χ1n) is 9.05. The summed E-state index contributed by atoms with van der Waals surface area (Å²) in [5.41, 5.74) is 0. The van der Waals surface area contributed by atoms with Gasteiger partial charge >= 0.3 is 0 Å². The molecule has 19 heavy (non-hydrogen) atoms. The van der Waals surface area contributed by atoms with Gasteiger partial charge in [-0.25, -0.2) is 0 Å². The zero-order chi connectivity index (χ0) is 13.6. The largest absolute Gasteiger partial charge is 0.0904 e. The summed E-state index contributed by atoms with van der Waals surface area (Å²) in [4.78, 5) is 0. The van der Waals surface area contributed by atoms with Crippen molar-refractivity contribution in [2.24, 2.45) is 0 Å². The average Bonchev–Trinajstić information content (AvgIpc) is 2.41. The normalized spacial score (nSPS) is 24.5. The van der Waals surface area contributed by atoms with E-state index in [0.717, 1.165) is 0 Å². The van der Waals surface area contributed by atoms with Crippen molar-refractivity contribution in [1.29, 1.82) is 0 Å². The molecule has 0 saturated heterocycles. The van der Waals surface area contributed by atoms with Crippen molar-refractivity contribution < 1.29 is 0 Å². The van der Waals surface area contributed by atoms with Gasteiger partial charge in [0.15, 0.2) is 0 Å². The van der Waals surface area contributed by atoms with Crippen LogP contribution in [-0.4, -0.2) is 5.25 Å². The highest BCUT2D eigenvalue weighted by Gasteiger charge is 2.04. The topological polar surface area (TPSA) is 0 Å². The van der Waals surface area contributed by atoms with Gasteiger partial charge in [-0.05, 0) is 12.8 Å². The van der Waals surface area contributed by atoms with Crippen LogP contribution in [-0.2, 0) is 0 Å². The molecular weight excluding hydrogens is 248 g/mol. The molecule has 1 aliphatic rings. The summed E-state index contributed by atoms with van der Waals surface area (Å²) in [6.45, 7) is 0. The lowest BCUT2D eigenvalue weighted by atomic mass is 10.0. The van der Waals surface area contributed by atoms with Gasteiger partial charge < -0.3 is 0 Å². The van der Waals surface area contributed by atoms with Gasteiger partial charge in [0.2, 0.25) is 0 Å². The van der Waals surface area contributed by atoms with E-state index < -0.39 is 0 Å². The number of hydrogen-bond donors (Lipinski definition) is 0. The van der Waals surface area contributed by atoms with Crippen molar-refractivity contribution in [2.45, 2.75) is 114 Å². The number of hydrogen-bond acceptors (Lipinski definition) is 0. The Bertz CT molecular complexity index is 161. The third-order valence-electron chi connectivity index (χ3n) is 4.55. The predicted molar refractivity (Wildman–Crippen MR) is 89.9 cm³/mol. The van der Waals surface area contributed by atoms with E-state index in [4.69, 9.17) is 12.6 Å². The Morgan fingerprint density at radius 3 is 0.842 bits per heavy atom. The molecule has 0 heterocycles. The molecule has 0 spiro atoms. The van der Waals surface area contributed by atoms with E-state index in [1.165, 1.54) is 109 Å². The molecule has 0 aromatic rings. The fourth-order valence-corrected chi connectivity index (χ4v) is 3.52. The van der Waals surface area contributed by atoms with E-state index in [9.17, 15) is 0 Å². The Morgan fingerprint density at radius 2 is 0.579 bits per heavy atom. The maximum absolute atomic E-state index is 5.57. The zero-order valence-electron chi connectivity index (χ0n) is 13.0. The third-order valence-corrected chi connectivity index (χ3v) is 5.02. The highest BCUT2D eigenvalue weighted by atomic mass is 32.1. The maximum Gasteiger partial charge on any atom is 0.0151 e. The zero-order valence-corrected chi connectivity index (χ0v) is 13.8. The van der Waals surface area contributed by atoms with E-state index >= 15 is 0 Å². The molecule has 1 aliphatic carbocycles. The van der Waals surface area contributed by atoms with Crippen LogP contribution in [0.2, 0.25) is 0 Å². The van der Waals surface area contributed by atoms with Crippen LogP contribution in [0.1, 0.15) is 109 Å². The van der Waals surface area contributed by atoms with Gasteiger partial charge in [0, 0.05) is 5.25 Å². The first-order chi connectivity index (χ1) is 9.39. The monoisotopic (exact) mass is 283 g/mol. The van der Waals surface area contributed by atoms with Crippen molar-refractivity contribution in [2.75, 3.05) is 0 Å². The second-order valence-electron chi connectivity index (χ2n) is 6.50. The van der Waals surface area contributed by atoms with Gasteiger partial charge in [0.1, 0.15) is 0 Å². The molecule has 113 valence electrons. The van der Waals surface area contributed by atoms with Gasteiger partial charge in [0.25, 0.3) is 0 Å². The molecule has 0 atom stereocenters. The fraction of sp³-hybridized carbons (Fsp3) is 1.00. The van der Waals surface area contributed by atoms with Gasteiger partial charge in [-0.3, -0.25) is 0 Å². The van der Waals surface area contributed by atoms with Crippen LogP contribution in [0.15, 0.2) is 0 Å². The highest BCUT2D eigenvalue weighted by molar-refractivity contribution is 7.80. The van der Waals surface area contributed by atoms with Crippen molar-refractivity contribution in [3.05, 3.63) is 0 Å². The van der Waals surface area contributed by atoms with Crippen LogP contribution in [0.4, 0.5) is 0 Å². The summed E-state index contributed by atoms with van der Waals surface area (Å²) >= 11 is 5.57. The minimum absolute atomic E-state index is 0.568. The number of rotatable bonds is 0. The Morgan fingerprint density at radius 1 is 0.368 bits per heavy atom. The molecule has 0 aromatic carbocycles. The Labute approximate surface area is 127 Å². The molecule has 0 bridgehead atoms. The van der Waals surface area contributed by atoms with Crippen molar-refractivity contribution in [3.8, 4) is 0 Å². The minimum atomic E-state index is 0.568. The molecule has 1 saturated carbocycles. The van der Waals surface area contributed by atoms with Gasteiger partial charge in [-0.15, -0.1) is 0 Å². The Balaban J connectivity index is 2.08. The van der Waals surface area contributed by atoms with Crippen LogP contribution in [0.25, 0.3) is 0 Å². The molecule has 1 fully saturated rings. The van der Waals surface area contributed by atoms with Crippen molar-refractivity contribution >= 4 is 12.6 Å². The Kier molecular flexibility index (Phi) is 12.2. The smallest absolute Gasteiger partial charge is 0.0151 e. The Hall–Kier alpha value is 0.350. The van der Waals surface area contributed by atoms with Crippen molar-refractivity contribution in [1.82, 2.24) is 0 Å². The van der Waals surface area contributed by atoms with Crippen LogP contribution in [0.5, 0.6) is 0 Å². The summed E-state index contributed by atoms with van der Waals surface area (Å²) in [6, 6.07) is 0. The quantitative estimate of drug-likeness (QED) is 0.441. The van der Waals surface area contributed by atoms with E-state index in [1.807, 2.05) is 0 Å². The standard InChI is InChI=1S/C18H35S/c19-18-16-14-12-10-8-6-4-2-1-3-5-7-9-11-13-15-17-18/h18H,1-17H2.